The second-order valence-electron chi connectivity index (χ2n) is 11.3. The number of amides is 1. The minimum atomic E-state index is -1.05. The van der Waals surface area contributed by atoms with Crippen LogP contribution in [-0.2, 0) is 22.5 Å². The van der Waals surface area contributed by atoms with Gasteiger partial charge in [0.1, 0.15) is 5.82 Å². The Balaban J connectivity index is 1.85. The van der Waals surface area contributed by atoms with Gasteiger partial charge in [-0.2, -0.15) is 0 Å². The van der Waals surface area contributed by atoms with E-state index in [4.69, 9.17) is 0 Å². The summed E-state index contributed by atoms with van der Waals surface area (Å²) in [4.78, 5) is 25.8. The largest absolute Gasteiger partial charge is 0.469 e. The van der Waals surface area contributed by atoms with Crippen molar-refractivity contribution in [3.05, 3.63) is 102 Å². The molecule has 0 spiro atoms. The van der Waals surface area contributed by atoms with Crippen molar-refractivity contribution in [3.63, 3.8) is 0 Å². The molecule has 1 amide bonds. The fourth-order valence-corrected chi connectivity index (χ4v) is 5.58. The first-order valence-corrected chi connectivity index (χ1v) is 15.0. The van der Waals surface area contributed by atoms with Crippen molar-refractivity contribution in [1.82, 2.24) is 4.57 Å². The molecule has 4 aromatic rings. The van der Waals surface area contributed by atoms with E-state index in [1.165, 1.54) is 19.2 Å². The Labute approximate surface area is 258 Å². The number of aromatic nitrogens is 1. The van der Waals surface area contributed by atoms with Crippen LogP contribution in [0.5, 0.6) is 0 Å². The number of methoxy groups -OCH3 is 1. The summed E-state index contributed by atoms with van der Waals surface area (Å²) in [5.41, 5.74) is 6.10. The second kappa shape index (κ2) is 14.9. The summed E-state index contributed by atoms with van der Waals surface area (Å²) in [6.45, 7) is 6.41. The molecule has 0 aliphatic heterocycles. The quantitative estimate of drug-likeness (QED) is 0.144. The number of aliphatic hydroxyl groups is 2. The number of nitrogens with one attached hydrogen (secondary N) is 1. The molecule has 1 heterocycles. The Morgan fingerprint density at radius 1 is 0.909 bits per heavy atom. The van der Waals surface area contributed by atoms with Gasteiger partial charge < -0.3 is 24.8 Å². The molecule has 232 valence electrons. The van der Waals surface area contributed by atoms with Crippen LogP contribution in [-0.4, -0.2) is 46.0 Å². The van der Waals surface area contributed by atoms with Gasteiger partial charge in [-0.05, 0) is 78.3 Å². The number of anilines is 1. The molecule has 8 heteroatoms. The van der Waals surface area contributed by atoms with E-state index in [1.54, 1.807) is 12.1 Å². The summed E-state index contributed by atoms with van der Waals surface area (Å²) >= 11 is 0. The maximum atomic E-state index is 14.2. The van der Waals surface area contributed by atoms with Gasteiger partial charge >= 0.3 is 5.97 Å². The number of carbonyl (C=O) groups is 2. The van der Waals surface area contributed by atoms with Crippen LogP contribution in [0.4, 0.5) is 10.1 Å². The number of hydrogen-bond acceptors (Lipinski definition) is 5. The van der Waals surface area contributed by atoms with E-state index >= 15 is 0 Å². The van der Waals surface area contributed by atoms with Crippen LogP contribution in [0.1, 0.15) is 67.6 Å². The van der Waals surface area contributed by atoms with Crippen molar-refractivity contribution in [3.8, 4) is 22.4 Å². The standard InChI is InChI=1S/C36H41FN2O5/c1-5-24-11-17-28(18-12-24)38-36(43)33-32(25-9-7-6-8-10-25)35(26-13-15-27(37)16-14-26)39(34(33)23(2)3)20-19-29(40)21-30(41)22-31(42)44-4/h6-18,23,29-30,40-41H,5,19-22H2,1-4H3,(H,38,43)/t29-,30-/m1/s1. The third-order valence-corrected chi connectivity index (χ3v) is 7.74. The highest BCUT2D eigenvalue weighted by atomic mass is 19.1. The van der Waals surface area contributed by atoms with Gasteiger partial charge in [-0.3, -0.25) is 9.59 Å². The number of rotatable bonds is 13. The molecular formula is C36H41FN2O5. The van der Waals surface area contributed by atoms with Gasteiger partial charge in [0.05, 0.1) is 37.0 Å². The minimum Gasteiger partial charge on any atom is -0.469 e. The van der Waals surface area contributed by atoms with Crippen molar-refractivity contribution in [2.75, 3.05) is 12.4 Å². The monoisotopic (exact) mass is 600 g/mol. The Bertz CT molecular complexity index is 1550. The number of aryl methyl sites for hydroxylation is 1. The topological polar surface area (TPSA) is 101 Å². The van der Waals surface area contributed by atoms with Crippen LogP contribution in [0.15, 0.2) is 78.9 Å². The predicted octanol–water partition coefficient (Wildman–Crippen LogP) is 6.96. The molecule has 7 nitrogen and oxygen atoms in total. The number of aliphatic hydroxyl groups excluding tert-OH is 2. The Morgan fingerprint density at radius 3 is 2.16 bits per heavy atom. The first-order chi connectivity index (χ1) is 21.1. The van der Waals surface area contributed by atoms with Gasteiger partial charge in [-0.1, -0.05) is 63.2 Å². The molecule has 0 fully saturated rings. The normalized spacial score (nSPS) is 12.6. The molecule has 0 aliphatic rings. The first-order valence-electron chi connectivity index (χ1n) is 15.0. The summed E-state index contributed by atoms with van der Waals surface area (Å²) in [6.07, 6.45) is -1.06. The van der Waals surface area contributed by atoms with Crippen molar-refractivity contribution < 1.29 is 28.9 Å². The highest BCUT2D eigenvalue weighted by Crippen LogP contribution is 2.42. The van der Waals surface area contributed by atoms with Crippen molar-refractivity contribution in [2.45, 2.75) is 71.1 Å². The van der Waals surface area contributed by atoms with E-state index in [-0.39, 0.29) is 36.9 Å². The lowest BCUT2D eigenvalue weighted by molar-refractivity contribution is -0.143. The summed E-state index contributed by atoms with van der Waals surface area (Å²) in [5.74, 6) is -1.30. The Kier molecular flexibility index (Phi) is 11.1. The van der Waals surface area contributed by atoms with Gasteiger partial charge in [-0.25, -0.2) is 4.39 Å². The molecule has 0 saturated carbocycles. The number of esters is 1. The van der Waals surface area contributed by atoms with Crippen molar-refractivity contribution in [2.24, 2.45) is 0 Å². The van der Waals surface area contributed by atoms with Crippen molar-refractivity contribution in [1.29, 1.82) is 0 Å². The Morgan fingerprint density at radius 2 is 1.57 bits per heavy atom. The smallest absolute Gasteiger partial charge is 0.308 e. The third kappa shape index (κ3) is 7.81. The summed E-state index contributed by atoms with van der Waals surface area (Å²) in [7, 11) is 1.25. The highest BCUT2D eigenvalue weighted by Gasteiger charge is 2.31. The molecule has 1 aromatic heterocycles. The molecule has 2 atom stereocenters. The van der Waals surface area contributed by atoms with E-state index in [0.29, 0.717) is 23.4 Å². The lowest BCUT2D eigenvalue weighted by atomic mass is 9.94. The third-order valence-electron chi connectivity index (χ3n) is 7.74. The van der Waals surface area contributed by atoms with E-state index in [9.17, 15) is 24.2 Å². The summed E-state index contributed by atoms with van der Waals surface area (Å²) in [5, 5.41) is 24.3. The molecular weight excluding hydrogens is 559 g/mol. The van der Waals surface area contributed by atoms with E-state index in [2.05, 4.69) is 17.0 Å². The summed E-state index contributed by atoms with van der Waals surface area (Å²) in [6, 6.07) is 23.6. The molecule has 3 aromatic carbocycles. The van der Waals surface area contributed by atoms with Gasteiger partial charge in [0.25, 0.3) is 5.91 Å². The summed E-state index contributed by atoms with van der Waals surface area (Å²) < 4.78 is 20.8. The minimum absolute atomic E-state index is 0.00803. The van der Waals surface area contributed by atoms with Crippen LogP contribution >= 0.6 is 0 Å². The lowest BCUT2D eigenvalue weighted by Crippen LogP contribution is -2.23. The molecule has 0 unspecified atom stereocenters. The van der Waals surface area contributed by atoms with Crippen LogP contribution in [0.2, 0.25) is 0 Å². The zero-order valence-electron chi connectivity index (χ0n) is 25.7. The second-order valence-corrected chi connectivity index (χ2v) is 11.3. The van der Waals surface area contributed by atoms with E-state index < -0.39 is 18.2 Å². The average molecular weight is 601 g/mol. The number of halogens is 1. The maximum Gasteiger partial charge on any atom is 0.308 e. The number of benzene rings is 3. The van der Waals surface area contributed by atoms with Gasteiger partial charge in [0.15, 0.2) is 0 Å². The molecule has 4 rings (SSSR count). The van der Waals surface area contributed by atoms with Crippen LogP contribution < -0.4 is 5.32 Å². The van der Waals surface area contributed by atoms with Gasteiger partial charge in [0, 0.05) is 23.5 Å². The molecule has 0 bridgehead atoms. The zero-order valence-corrected chi connectivity index (χ0v) is 25.7. The predicted molar refractivity (Wildman–Crippen MR) is 171 cm³/mol. The number of hydrogen-bond donors (Lipinski definition) is 3. The average Bonchev–Trinajstić information content (AvgIpc) is 3.36. The highest BCUT2D eigenvalue weighted by molar-refractivity contribution is 6.12. The fourth-order valence-electron chi connectivity index (χ4n) is 5.58. The number of nitrogens with zero attached hydrogens (tertiary/aromatic N) is 1. The molecule has 0 saturated heterocycles. The van der Waals surface area contributed by atoms with Gasteiger partial charge in [0.2, 0.25) is 0 Å². The first kappa shape index (κ1) is 32.6. The van der Waals surface area contributed by atoms with Crippen LogP contribution in [0.25, 0.3) is 22.4 Å². The molecule has 3 N–H and O–H groups in total. The van der Waals surface area contributed by atoms with Crippen LogP contribution in [0, 0.1) is 5.82 Å². The fraction of sp³-hybridized carbons (Fsp3) is 0.333. The zero-order chi connectivity index (χ0) is 31.8. The lowest BCUT2D eigenvalue weighted by Gasteiger charge is -2.20. The maximum absolute atomic E-state index is 14.2. The molecule has 0 radical (unpaired) electrons. The van der Waals surface area contributed by atoms with Gasteiger partial charge in [-0.15, -0.1) is 0 Å². The van der Waals surface area contributed by atoms with Crippen LogP contribution in [0.3, 0.4) is 0 Å². The number of carbonyl (C=O) groups excluding carboxylic acids is 2. The van der Waals surface area contributed by atoms with E-state index in [0.717, 1.165) is 34.5 Å². The molecule has 44 heavy (non-hydrogen) atoms. The Hall–Kier alpha value is -4.27. The molecule has 0 aliphatic carbocycles. The van der Waals surface area contributed by atoms with Crippen molar-refractivity contribution >= 4 is 17.6 Å². The SMILES string of the molecule is CCc1ccc(NC(=O)c2c(-c3ccccc3)c(-c3ccc(F)cc3)n(CC[C@@H](O)C[C@@H](O)CC(=O)OC)c2C(C)C)cc1. The van der Waals surface area contributed by atoms with E-state index in [1.807, 2.05) is 73.0 Å². The number of ether oxygens (including phenoxy) is 1.